The van der Waals surface area contributed by atoms with Gasteiger partial charge in [0.2, 0.25) is 5.91 Å². The topological polar surface area (TPSA) is 64.2 Å². The standard InChI is InChI=1S/C24H34N4O3/c1-5-26-14-11-24(21(26)30)17-28(22(31)25(3)4)16-23(24)9-12-27(13-10-23)20(29)19-8-6-7-18(2)15-19/h6-8,15H,5,9-14,16-17H2,1-4H3/t24-/m1/s1. The average Bonchev–Trinajstić information content (AvgIpc) is 3.25. The number of hydrogen-bond acceptors (Lipinski definition) is 3. The van der Waals surface area contributed by atoms with Crippen LogP contribution in [0.4, 0.5) is 4.79 Å². The summed E-state index contributed by atoms with van der Waals surface area (Å²) >= 11 is 0. The van der Waals surface area contributed by atoms with E-state index < -0.39 is 5.41 Å². The van der Waals surface area contributed by atoms with Crippen molar-refractivity contribution in [2.45, 2.75) is 33.1 Å². The van der Waals surface area contributed by atoms with Crippen LogP contribution < -0.4 is 0 Å². The minimum Gasteiger partial charge on any atom is -0.342 e. The van der Waals surface area contributed by atoms with Gasteiger partial charge in [0.05, 0.1) is 5.41 Å². The Morgan fingerprint density at radius 3 is 2.32 bits per heavy atom. The van der Waals surface area contributed by atoms with Crippen molar-refractivity contribution in [1.82, 2.24) is 19.6 Å². The van der Waals surface area contributed by atoms with Gasteiger partial charge in [-0.05, 0) is 45.2 Å². The van der Waals surface area contributed by atoms with Crippen molar-refractivity contribution in [2.75, 3.05) is 53.4 Å². The van der Waals surface area contributed by atoms with Crippen LogP contribution in [0.1, 0.15) is 42.1 Å². The van der Waals surface area contributed by atoms with E-state index in [2.05, 4.69) is 0 Å². The lowest BCUT2D eigenvalue weighted by atomic mass is 9.60. The number of amides is 4. The fourth-order valence-electron chi connectivity index (χ4n) is 6.00. The van der Waals surface area contributed by atoms with Gasteiger partial charge in [0, 0.05) is 64.3 Å². The smallest absolute Gasteiger partial charge is 0.319 e. The number of hydrogen-bond donors (Lipinski definition) is 0. The van der Waals surface area contributed by atoms with Crippen LogP contribution in [0, 0.1) is 17.8 Å². The Kier molecular flexibility index (Phi) is 5.48. The molecule has 7 nitrogen and oxygen atoms in total. The Morgan fingerprint density at radius 1 is 1.03 bits per heavy atom. The second-order valence-electron chi connectivity index (χ2n) is 9.69. The molecule has 0 unspecified atom stereocenters. The number of likely N-dealkylation sites (tertiary alicyclic amines) is 3. The van der Waals surface area contributed by atoms with E-state index in [0.717, 1.165) is 36.9 Å². The number of rotatable bonds is 2. The Hall–Kier alpha value is -2.57. The van der Waals surface area contributed by atoms with Crippen molar-refractivity contribution in [2.24, 2.45) is 10.8 Å². The van der Waals surface area contributed by atoms with Crippen molar-refractivity contribution in [3.05, 3.63) is 35.4 Å². The predicted molar refractivity (Wildman–Crippen MR) is 119 cm³/mol. The molecule has 0 N–H and O–H groups in total. The van der Waals surface area contributed by atoms with E-state index in [0.29, 0.717) is 32.7 Å². The molecule has 1 aromatic rings. The van der Waals surface area contributed by atoms with E-state index in [1.54, 1.807) is 19.0 Å². The lowest BCUT2D eigenvalue weighted by Crippen LogP contribution is -2.53. The molecule has 168 valence electrons. The lowest BCUT2D eigenvalue weighted by molar-refractivity contribution is -0.141. The maximum atomic E-state index is 13.5. The molecule has 0 bridgehead atoms. The molecule has 3 heterocycles. The van der Waals surface area contributed by atoms with Gasteiger partial charge in [0.1, 0.15) is 0 Å². The van der Waals surface area contributed by atoms with Crippen molar-refractivity contribution >= 4 is 17.8 Å². The van der Waals surface area contributed by atoms with E-state index in [9.17, 15) is 14.4 Å². The minimum atomic E-state index is -0.521. The third kappa shape index (κ3) is 3.38. The summed E-state index contributed by atoms with van der Waals surface area (Å²) in [5.74, 6) is 0.252. The number of aryl methyl sites for hydroxylation is 1. The first kappa shape index (κ1) is 21.7. The Labute approximate surface area is 185 Å². The monoisotopic (exact) mass is 426 g/mol. The van der Waals surface area contributed by atoms with Gasteiger partial charge in [-0.25, -0.2) is 4.79 Å². The third-order valence-corrected chi connectivity index (χ3v) is 7.78. The van der Waals surface area contributed by atoms with Crippen LogP contribution in [0.25, 0.3) is 0 Å². The van der Waals surface area contributed by atoms with Gasteiger partial charge in [-0.1, -0.05) is 17.7 Å². The average molecular weight is 427 g/mol. The highest BCUT2D eigenvalue weighted by Crippen LogP contribution is 2.58. The summed E-state index contributed by atoms with van der Waals surface area (Å²) in [7, 11) is 3.52. The Morgan fingerprint density at radius 2 is 1.74 bits per heavy atom. The fourth-order valence-corrected chi connectivity index (χ4v) is 6.00. The van der Waals surface area contributed by atoms with Gasteiger partial charge >= 0.3 is 6.03 Å². The highest BCUT2D eigenvalue weighted by molar-refractivity contribution is 5.94. The Balaban J connectivity index is 1.58. The van der Waals surface area contributed by atoms with Gasteiger partial charge in [-0.3, -0.25) is 9.59 Å². The number of benzene rings is 1. The van der Waals surface area contributed by atoms with Gasteiger partial charge in [0.15, 0.2) is 0 Å². The first-order valence-corrected chi connectivity index (χ1v) is 11.3. The summed E-state index contributed by atoms with van der Waals surface area (Å²) in [6.07, 6.45) is 2.30. The van der Waals surface area contributed by atoms with Crippen LogP contribution in [0.2, 0.25) is 0 Å². The van der Waals surface area contributed by atoms with Crippen LogP contribution in [0.3, 0.4) is 0 Å². The highest BCUT2D eigenvalue weighted by atomic mass is 16.2. The SMILES string of the molecule is CCN1CC[C@@]2(CN(C(=O)N(C)C)CC23CCN(C(=O)c2cccc(C)c2)CC3)C1=O. The number of carbonyl (C=O) groups excluding carboxylic acids is 3. The van der Waals surface area contributed by atoms with Gasteiger partial charge in [-0.15, -0.1) is 0 Å². The molecule has 31 heavy (non-hydrogen) atoms. The number of urea groups is 1. The number of nitrogens with zero attached hydrogens (tertiary/aromatic N) is 4. The minimum absolute atomic E-state index is 0.0303. The fraction of sp³-hybridized carbons (Fsp3) is 0.625. The van der Waals surface area contributed by atoms with Gasteiger partial charge in [0.25, 0.3) is 5.91 Å². The second kappa shape index (κ2) is 7.84. The summed E-state index contributed by atoms with van der Waals surface area (Å²) < 4.78 is 0. The first-order valence-electron chi connectivity index (χ1n) is 11.3. The molecule has 0 aliphatic carbocycles. The van der Waals surface area contributed by atoms with E-state index in [1.165, 1.54) is 0 Å². The molecule has 3 fully saturated rings. The summed E-state index contributed by atoms with van der Waals surface area (Å²) in [6.45, 7) is 7.81. The maximum Gasteiger partial charge on any atom is 0.319 e. The number of piperidine rings is 1. The van der Waals surface area contributed by atoms with Crippen molar-refractivity contribution < 1.29 is 14.4 Å². The quantitative estimate of drug-likeness (QED) is 0.730. The zero-order valence-corrected chi connectivity index (χ0v) is 19.2. The molecule has 3 saturated heterocycles. The molecule has 1 aromatic carbocycles. The van der Waals surface area contributed by atoms with Crippen LogP contribution in [0.15, 0.2) is 24.3 Å². The van der Waals surface area contributed by atoms with Crippen LogP contribution >= 0.6 is 0 Å². The molecule has 0 radical (unpaired) electrons. The summed E-state index contributed by atoms with van der Waals surface area (Å²) in [6, 6.07) is 7.68. The van der Waals surface area contributed by atoms with Crippen LogP contribution in [-0.4, -0.2) is 90.8 Å². The zero-order chi connectivity index (χ0) is 22.4. The molecule has 0 aromatic heterocycles. The second-order valence-corrected chi connectivity index (χ2v) is 9.69. The van der Waals surface area contributed by atoms with E-state index in [1.807, 2.05) is 52.8 Å². The zero-order valence-electron chi connectivity index (χ0n) is 19.2. The molecule has 3 aliphatic heterocycles. The van der Waals surface area contributed by atoms with Crippen LogP contribution in [-0.2, 0) is 4.79 Å². The van der Waals surface area contributed by atoms with Crippen molar-refractivity contribution in [1.29, 1.82) is 0 Å². The molecule has 4 rings (SSSR count). The largest absolute Gasteiger partial charge is 0.342 e. The maximum absolute atomic E-state index is 13.5. The first-order chi connectivity index (χ1) is 14.7. The van der Waals surface area contributed by atoms with Crippen molar-refractivity contribution in [3.63, 3.8) is 0 Å². The van der Waals surface area contributed by atoms with E-state index in [4.69, 9.17) is 0 Å². The van der Waals surface area contributed by atoms with E-state index >= 15 is 0 Å². The number of fused-ring (bicyclic) bond motifs is 1. The van der Waals surface area contributed by atoms with Gasteiger partial charge < -0.3 is 19.6 Å². The molecule has 4 amide bonds. The predicted octanol–water partition coefficient (Wildman–Crippen LogP) is 2.45. The third-order valence-electron chi connectivity index (χ3n) is 7.78. The van der Waals surface area contributed by atoms with Crippen molar-refractivity contribution in [3.8, 4) is 0 Å². The summed E-state index contributed by atoms with van der Waals surface area (Å²) in [4.78, 5) is 46.8. The van der Waals surface area contributed by atoms with Crippen LogP contribution in [0.5, 0.6) is 0 Å². The molecule has 7 heteroatoms. The molecule has 1 atom stereocenters. The molecule has 2 spiro atoms. The molecule has 0 saturated carbocycles. The van der Waals surface area contributed by atoms with E-state index in [-0.39, 0.29) is 23.3 Å². The molecular formula is C24H34N4O3. The molecule has 3 aliphatic rings. The lowest BCUT2D eigenvalue weighted by Gasteiger charge is -2.46. The van der Waals surface area contributed by atoms with Gasteiger partial charge in [-0.2, -0.15) is 0 Å². The normalized spacial score (nSPS) is 25.0. The number of carbonyl (C=O) groups is 3. The highest BCUT2D eigenvalue weighted by Gasteiger charge is 2.66. The summed E-state index contributed by atoms with van der Waals surface area (Å²) in [5, 5.41) is 0. The summed E-state index contributed by atoms with van der Waals surface area (Å²) in [5.41, 5.74) is 1.01. The molecular weight excluding hydrogens is 392 g/mol. The Bertz CT molecular complexity index is 891.